The highest BCUT2D eigenvalue weighted by Gasteiger charge is 2.47. The molecular formula is C68H129NO10. The summed E-state index contributed by atoms with van der Waals surface area (Å²) >= 11 is 0. The monoisotopic (exact) mass is 1120 g/mol. The zero-order valence-corrected chi connectivity index (χ0v) is 51.8. The standard InChI is InChI=1S/C68H129NO10/c1-4-7-10-13-16-19-22-25-26-27-28-29-30-31-32-33-34-35-38-40-43-46-49-52-55-61(72)67(76)69-59(60(71)54-51-48-45-42-39-36-23-20-17-14-11-8-5-2)58-77-68-66(65(75)64(74)62(57-70)78-68)79-63(73)56-53-50-47-44-41-37-24-21-18-15-12-9-6-3/h37,41,51,54,59-62,64-66,68,70-72,74-75H,4-36,38-40,42-50,52-53,55-58H2,1-3H3,(H,69,76)/b41-37-,54-51+. The molecule has 0 saturated carbocycles. The van der Waals surface area contributed by atoms with Crippen LogP contribution >= 0.6 is 0 Å². The first kappa shape index (κ1) is 75.2. The fraction of sp³-hybridized carbons (Fsp3) is 0.912. The van der Waals surface area contributed by atoms with Gasteiger partial charge in [-0.2, -0.15) is 0 Å². The molecule has 8 atom stereocenters. The molecule has 0 bridgehead atoms. The number of esters is 1. The Balaban J connectivity index is 2.58. The van der Waals surface area contributed by atoms with E-state index >= 15 is 0 Å². The maximum absolute atomic E-state index is 13.5. The summed E-state index contributed by atoms with van der Waals surface area (Å²) in [6.45, 7) is 5.82. The minimum Gasteiger partial charge on any atom is -0.454 e. The van der Waals surface area contributed by atoms with Gasteiger partial charge in [0, 0.05) is 6.42 Å². The molecule has 1 rings (SSSR count). The van der Waals surface area contributed by atoms with Crippen molar-refractivity contribution in [2.24, 2.45) is 0 Å². The zero-order valence-electron chi connectivity index (χ0n) is 51.8. The maximum atomic E-state index is 13.5. The first-order valence-corrected chi connectivity index (χ1v) is 34.1. The summed E-state index contributed by atoms with van der Waals surface area (Å²) in [6.07, 6.45) is 56.6. The van der Waals surface area contributed by atoms with Gasteiger partial charge in [0.1, 0.15) is 24.4 Å². The Morgan fingerprint density at radius 2 is 0.835 bits per heavy atom. The first-order chi connectivity index (χ1) is 38.7. The van der Waals surface area contributed by atoms with Crippen molar-refractivity contribution in [2.75, 3.05) is 13.2 Å². The van der Waals surface area contributed by atoms with E-state index in [2.05, 4.69) is 38.2 Å². The number of aliphatic hydroxyl groups excluding tert-OH is 5. The van der Waals surface area contributed by atoms with Crippen molar-refractivity contribution in [3.8, 4) is 0 Å². The number of hydrogen-bond acceptors (Lipinski definition) is 10. The summed E-state index contributed by atoms with van der Waals surface area (Å²) in [4.78, 5) is 26.6. The quantitative estimate of drug-likeness (QED) is 0.0195. The Morgan fingerprint density at radius 3 is 1.23 bits per heavy atom. The molecule has 0 aromatic heterocycles. The Labute approximate surface area is 486 Å². The fourth-order valence-corrected chi connectivity index (χ4v) is 10.9. The van der Waals surface area contributed by atoms with Crippen molar-refractivity contribution in [2.45, 2.75) is 384 Å². The third kappa shape index (κ3) is 44.4. The van der Waals surface area contributed by atoms with Crippen molar-refractivity contribution in [1.82, 2.24) is 5.32 Å². The summed E-state index contributed by atoms with van der Waals surface area (Å²) in [5.41, 5.74) is 0. The summed E-state index contributed by atoms with van der Waals surface area (Å²) in [5.74, 6) is -1.20. The smallest absolute Gasteiger partial charge is 0.306 e. The molecule has 8 unspecified atom stereocenters. The molecule has 0 aliphatic carbocycles. The van der Waals surface area contributed by atoms with Crippen molar-refractivity contribution >= 4 is 11.9 Å². The Bertz CT molecular complexity index is 1380. The molecular weight excluding hydrogens is 991 g/mol. The largest absolute Gasteiger partial charge is 0.454 e. The molecule has 11 nitrogen and oxygen atoms in total. The van der Waals surface area contributed by atoms with Crippen molar-refractivity contribution in [3.63, 3.8) is 0 Å². The van der Waals surface area contributed by atoms with Gasteiger partial charge in [0.15, 0.2) is 12.4 Å². The van der Waals surface area contributed by atoms with E-state index < -0.39 is 67.4 Å². The lowest BCUT2D eigenvalue weighted by Gasteiger charge is -2.41. The second-order valence-corrected chi connectivity index (χ2v) is 23.9. The summed E-state index contributed by atoms with van der Waals surface area (Å²) < 4.78 is 17.6. The average Bonchev–Trinajstić information content (AvgIpc) is 3.49. The summed E-state index contributed by atoms with van der Waals surface area (Å²) in [5, 5.41) is 57.1. The van der Waals surface area contributed by atoms with E-state index in [0.717, 1.165) is 64.2 Å². The first-order valence-electron chi connectivity index (χ1n) is 34.1. The van der Waals surface area contributed by atoms with Crippen LogP contribution in [0.5, 0.6) is 0 Å². The number of carbonyl (C=O) groups is 2. The number of rotatable bonds is 59. The van der Waals surface area contributed by atoms with Crippen LogP contribution in [-0.4, -0.2) is 99.6 Å². The molecule has 1 heterocycles. The van der Waals surface area contributed by atoms with E-state index in [4.69, 9.17) is 14.2 Å². The topological polar surface area (TPSA) is 175 Å². The molecule has 1 aliphatic heterocycles. The molecule has 79 heavy (non-hydrogen) atoms. The zero-order chi connectivity index (χ0) is 57.5. The molecule has 466 valence electrons. The van der Waals surface area contributed by atoms with E-state index in [-0.39, 0.29) is 13.0 Å². The van der Waals surface area contributed by atoms with Crippen LogP contribution in [0.25, 0.3) is 0 Å². The van der Waals surface area contributed by atoms with Gasteiger partial charge in [-0.3, -0.25) is 9.59 Å². The van der Waals surface area contributed by atoms with Gasteiger partial charge in [0.25, 0.3) is 0 Å². The molecule has 6 N–H and O–H groups in total. The van der Waals surface area contributed by atoms with Gasteiger partial charge in [-0.05, 0) is 51.4 Å². The van der Waals surface area contributed by atoms with Crippen LogP contribution < -0.4 is 5.32 Å². The minimum atomic E-state index is -1.62. The molecule has 11 heteroatoms. The molecule has 0 spiro atoms. The average molecular weight is 1120 g/mol. The van der Waals surface area contributed by atoms with Crippen LogP contribution in [0.15, 0.2) is 24.3 Å². The van der Waals surface area contributed by atoms with Crippen LogP contribution in [0.2, 0.25) is 0 Å². The number of unbranched alkanes of at least 4 members (excludes halogenated alkanes) is 43. The second-order valence-electron chi connectivity index (χ2n) is 23.9. The highest BCUT2D eigenvalue weighted by atomic mass is 16.7. The minimum absolute atomic E-state index is 0.107. The van der Waals surface area contributed by atoms with Crippen LogP contribution in [0.3, 0.4) is 0 Å². The van der Waals surface area contributed by atoms with Crippen molar-refractivity contribution in [3.05, 3.63) is 24.3 Å². The van der Waals surface area contributed by atoms with Gasteiger partial charge in [-0.1, -0.05) is 302 Å². The normalized spacial score (nSPS) is 18.9. The molecule has 0 radical (unpaired) electrons. The third-order valence-electron chi connectivity index (χ3n) is 16.4. The van der Waals surface area contributed by atoms with E-state index in [1.807, 2.05) is 6.08 Å². The van der Waals surface area contributed by atoms with Gasteiger partial charge in [-0.25, -0.2) is 0 Å². The van der Waals surface area contributed by atoms with Gasteiger partial charge in [0.2, 0.25) is 5.91 Å². The maximum Gasteiger partial charge on any atom is 0.306 e. The van der Waals surface area contributed by atoms with Crippen LogP contribution in [0, 0.1) is 0 Å². The van der Waals surface area contributed by atoms with E-state index in [0.29, 0.717) is 19.3 Å². The molecule has 1 saturated heterocycles. The summed E-state index contributed by atoms with van der Waals surface area (Å²) in [6, 6.07) is -1.02. The van der Waals surface area contributed by atoms with E-state index in [9.17, 15) is 35.1 Å². The van der Waals surface area contributed by atoms with E-state index in [1.54, 1.807) is 6.08 Å². The number of ether oxygens (including phenoxy) is 3. The summed E-state index contributed by atoms with van der Waals surface area (Å²) in [7, 11) is 0. The van der Waals surface area contributed by atoms with Crippen LogP contribution in [0.1, 0.15) is 335 Å². The Kier molecular flexibility index (Phi) is 53.9. The molecule has 1 amide bonds. The predicted octanol–water partition coefficient (Wildman–Crippen LogP) is 16.8. The number of allylic oxidation sites excluding steroid dienone is 3. The number of aliphatic hydroxyl groups is 5. The molecule has 0 aromatic rings. The highest BCUT2D eigenvalue weighted by molar-refractivity contribution is 5.80. The Hall–Kier alpha value is -1.86. The number of nitrogens with one attached hydrogen (secondary N) is 1. The molecule has 1 fully saturated rings. The van der Waals surface area contributed by atoms with Crippen molar-refractivity contribution < 1.29 is 49.3 Å². The van der Waals surface area contributed by atoms with Crippen molar-refractivity contribution in [1.29, 1.82) is 0 Å². The van der Waals surface area contributed by atoms with Gasteiger partial charge >= 0.3 is 5.97 Å². The third-order valence-corrected chi connectivity index (χ3v) is 16.4. The molecule has 0 aromatic carbocycles. The number of amides is 1. The van der Waals surface area contributed by atoms with E-state index in [1.165, 1.54) is 225 Å². The van der Waals surface area contributed by atoms with Gasteiger partial charge < -0.3 is 45.1 Å². The lowest BCUT2D eigenvalue weighted by Crippen LogP contribution is -2.61. The lowest BCUT2D eigenvalue weighted by atomic mass is 9.99. The second kappa shape index (κ2) is 56.6. The molecule has 1 aliphatic rings. The van der Waals surface area contributed by atoms with Crippen LogP contribution in [0.4, 0.5) is 0 Å². The number of carbonyl (C=O) groups excluding carboxylic acids is 2. The van der Waals surface area contributed by atoms with Crippen LogP contribution in [-0.2, 0) is 23.8 Å². The lowest BCUT2D eigenvalue weighted by molar-refractivity contribution is -0.305. The predicted molar refractivity (Wildman–Crippen MR) is 329 cm³/mol. The van der Waals surface area contributed by atoms with Gasteiger partial charge in [0.05, 0.1) is 25.4 Å². The SMILES string of the molecule is CCCCCCCC/C=C\CCCCCC(=O)OC1C(OCC(NC(=O)C(O)CCCCCCCCCCCCCCCCCCCCCCCCCC)C(O)/C=C/CCCCCCCCCCCCC)OC(CO)C(O)C1O. The number of hydrogen-bond donors (Lipinski definition) is 6. The Morgan fingerprint density at radius 1 is 0.481 bits per heavy atom. The highest BCUT2D eigenvalue weighted by Crippen LogP contribution is 2.26. The fourth-order valence-electron chi connectivity index (χ4n) is 10.9. The van der Waals surface area contributed by atoms with Gasteiger partial charge in [-0.15, -0.1) is 0 Å².